The van der Waals surface area contributed by atoms with E-state index < -0.39 is 28.9 Å². The fourth-order valence-corrected chi connectivity index (χ4v) is 4.18. The van der Waals surface area contributed by atoms with Crippen molar-refractivity contribution in [2.45, 2.75) is 70.8 Å². The van der Waals surface area contributed by atoms with Crippen LogP contribution >= 0.6 is 0 Å². The molecule has 1 fully saturated rings. The van der Waals surface area contributed by atoms with Crippen molar-refractivity contribution in [2.24, 2.45) is 5.92 Å². The first-order chi connectivity index (χ1) is 17.4. The third-order valence-electron chi connectivity index (χ3n) is 6.24. The maximum absolute atomic E-state index is 14.0. The van der Waals surface area contributed by atoms with Gasteiger partial charge in [0, 0.05) is 6.61 Å². The van der Waals surface area contributed by atoms with Gasteiger partial charge in [-0.15, -0.1) is 0 Å². The SMILES string of the molecule is CCCCCCCO[C@@H]1CCC[C@@H](C(=O)Oc2ccc(C(=O)Oc3ccc(C#N)c(F)c3F)cc2)C1. The molecule has 0 aliphatic heterocycles. The van der Waals surface area contributed by atoms with Gasteiger partial charge in [0.25, 0.3) is 0 Å². The molecule has 2 aromatic rings. The van der Waals surface area contributed by atoms with E-state index in [-0.39, 0.29) is 29.3 Å². The summed E-state index contributed by atoms with van der Waals surface area (Å²) in [5.41, 5.74) is -0.430. The molecule has 0 amide bonds. The number of benzene rings is 2. The Hall–Kier alpha value is -3.31. The Kier molecular flexibility index (Phi) is 10.4. The lowest BCUT2D eigenvalue weighted by Gasteiger charge is -2.27. The van der Waals surface area contributed by atoms with Gasteiger partial charge in [-0.1, -0.05) is 39.0 Å². The first-order valence-corrected chi connectivity index (χ1v) is 12.5. The van der Waals surface area contributed by atoms with E-state index in [1.54, 1.807) is 0 Å². The lowest BCUT2D eigenvalue weighted by molar-refractivity contribution is -0.142. The molecule has 36 heavy (non-hydrogen) atoms. The summed E-state index contributed by atoms with van der Waals surface area (Å²) in [5.74, 6) is -4.66. The zero-order valence-corrected chi connectivity index (χ0v) is 20.4. The number of ether oxygens (including phenoxy) is 3. The van der Waals surface area contributed by atoms with Crippen LogP contribution in [0.3, 0.4) is 0 Å². The van der Waals surface area contributed by atoms with E-state index >= 15 is 0 Å². The molecular formula is C28H31F2NO5. The number of unbranched alkanes of at least 4 members (excludes halogenated alkanes) is 4. The molecule has 0 spiro atoms. The number of nitriles is 1. The van der Waals surface area contributed by atoms with Crippen molar-refractivity contribution in [3.05, 3.63) is 59.2 Å². The van der Waals surface area contributed by atoms with Crippen molar-refractivity contribution in [3.8, 4) is 17.6 Å². The van der Waals surface area contributed by atoms with Gasteiger partial charge in [0.05, 0.1) is 23.1 Å². The predicted molar refractivity (Wildman–Crippen MR) is 129 cm³/mol. The molecule has 192 valence electrons. The number of rotatable bonds is 11. The molecule has 8 heteroatoms. The smallest absolute Gasteiger partial charge is 0.343 e. The summed E-state index contributed by atoms with van der Waals surface area (Å²) in [7, 11) is 0. The number of carbonyl (C=O) groups is 2. The van der Waals surface area contributed by atoms with E-state index in [0.29, 0.717) is 13.0 Å². The van der Waals surface area contributed by atoms with Crippen LogP contribution in [0, 0.1) is 28.9 Å². The Labute approximate surface area is 210 Å². The number of nitrogens with zero attached hydrogens (tertiary/aromatic N) is 1. The number of hydrogen-bond acceptors (Lipinski definition) is 6. The summed E-state index contributed by atoms with van der Waals surface area (Å²) in [6.07, 6.45) is 9.15. The van der Waals surface area contributed by atoms with Gasteiger partial charge in [-0.3, -0.25) is 4.79 Å². The maximum Gasteiger partial charge on any atom is 0.343 e. The van der Waals surface area contributed by atoms with Crippen LogP contribution in [-0.4, -0.2) is 24.6 Å². The molecule has 0 bridgehead atoms. The van der Waals surface area contributed by atoms with E-state index in [2.05, 4.69) is 6.92 Å². The van der Waals surface area contributed by atoms with Gasteiger partial charge in [-0.25, -0.2) is 9.18 Å². The summed E-state index contributed by atoms with van der Waals surface area (Å²) >= 11 is 0. The number of hydrogen-bond donors (Lipinski definition) is 0. The quantitative estimate of drug-likeness (QED) is 0.199. The first kappa shape index (κ1) is 27.3. The minimum absolute atomic E-state index is 0.0593. The number of carbonyl (C=O) groups excluding carboxylic acids is 2. The second-order valence-corrected chi connectivity index (χ2v) is 8.96. The van der Waals surface area contributed by atoms with Crippen LogP contribution in [0.15, 0.2) is 36.4 Å². The molecule has 0 N–H and O–H groups in total. The van der Waals surface area contributed by atoms with Crippen LogP contribution < -0.4 is 9.47 Å². The monoisotopic (exact) mass is 499 g/mol. The fourth-order valence-electron chi connectivity index (χ4n) is 4.18. The highest BCUT2D eigenvalue weighted by atomic mass is 19.2. The van der Waals surface area contributed by atoms with Crippen molar-refractivity contribution >= 4 is 11.9 Å². The molecule has 1 aliphatic rings. The average molecular weight is 500 g/mol. The maximum atomic E-state index is 14.0. The molecule has 3 rings (SSSR count). The number of esters is 2. The summed E-state index contributed by atoms with van der Waals surface area (Å²) in [6, 6.07) is 9.17. The largest absolute Gasteiger partial charge is 0.426 e. The highest BCUT2D eigenvalue weighted by Crippen LogP contribution is 2.29. The van der Waals surface area contributed by atoms with Crippen molar-refractivity contribution in [3.63, 3.8) is 0 Å². The molecule has 0 saturated heterocycles. The molecule has 0 radical (unpaired) electrons. The van der Waals surface area contributed by atoms with Crippen molar-refractivity contribution in [1.29, 1.82) is 5.26 Å². The molecule has 0 heterocycles. The summed E-state index contributed by atoms with van der Waals surface area (Å²) in [5, 5.41) is 8.74. The van der Waals surface area contributed by atoms with Crippen LogP contribution in [0.2, 0.25) is 0 Å². The normalized spacial score (nSPS) is 17.3. The molecule has 0 unspecified atom stereocenters. The van der Waals surface area contributed by atoms with Gasteiger partial charge in [-0.05, 0) is 62.1 Å². The van der Waals surface area contributed by atoms with Crippen LogP contribution in [0.4, 0.5) is 8.78 Å². The van der Waals surface area contributed by atoms with Crippen molar-refractivity contribution in [2.75, 3.05) is 6.61 Å². The molecule has 1 saturated carbocycles. The minimum atomic E-state index is -1.42. The van der Waals surface area contributed by atoms with E-state index in [0.717, 1.165) is 44.2 Å². The van der Waals surface area contributed by atoms with Gasteiger partial charge in [0.2, 0.25) is 5.82 Å². The molecule has 0 aromatic heterocycles. The van der Waals surface area contributed by atoms with Gasteiger partial charge in [-0.2, -0.15) is 9.65 Å². The lowest BCUT2D eigenvalue weighted by atomic mass is 9.87. The summed E-state index contributed by atoms with van der Waals surface area (Å²) in [6.45, 7) is 2.90. The standard InChI is InChI=1S/C28H31F2NO5/c1-2-3-4-5-6-16-34-23-9-7-8-20(17-23)28(33)35-22-13-10-19(11-14-22)27(32)36-24-15-12-21(18-31)25(29)26(24)30/h10-15,20,23H,2-9,16-17H2,1H3/t20-,23-/m1/s1. The predicted octanol–water partition coefficient (Wildman–Crippen LogP) is 6.51. The van der Waals surface area contributed by atoms with E-state index in [9.17, 15) is 18.4 Å². The van der Waals surface area contributed by atoms with Crippen molar-refractivity contribution < 1.29 is 32.6 Å². The topological polar surface area (TPSA) is 85.6 Å². The molecular weight excluding hydrogens is 468 g/mol. The second-order valence-electron chi connectivity index (χ2n) is 8.96. The molecule has 6 nitrogen and oxygen atoms in total. The van der Waals surface area contributed by atoms with Gasteiger partial charge >= 0.3 is 11.9 Å². The van der Waals surface area contributed by atoms with Crippen LogP contribution in [0.5, 0.6) is 11.5 Å². The molecule has 1 aliphatic carbocycles. The third kappa shape index (κ3) is 7.59. The van der Waals surface area contributed by atoms with E-state index in [1.165, 1.54) is 49.6 Å². The first-order valence-electron chi connectivity index (χ1n) is 12.5. The molecule has 2 atom stereocenters. The zero-order valence-electron chi connectivity index (χ0n) is 20.4. The van der Waals surface area contributed by atoms with Crippen molar-refractivity contribution in [1.82, 2.24) is 0 Å². The van der Waals surface area contributed by atoms with Crippen LogP contribution in [0.1, 0.15) is 80.6 Å². The van der Waals surface area contributed by atoms with E-state index in [1.807, 2.05) is 0 Å². The van der Waals surface area contributed by atoms with Crippen LogP contribution in [0.25, 0.3) is 0 Å². The minimum Gasteiger partial charge on any atom is -0.426 e. The summed E-state index contributed by atoms with van der Waals surface area (Å²) < 4.78 is 44.1. The fraction of sp³-hybridized carbons (Fsp3) is 0.464. The molecule has 2 aromatic carbocycles. The summed E-state index contributed by atoms with van der Waals surface area (Å²) in [4.78, 5) is 25.0. The van der Waals surface area contributed by atoms with Crippen LogP contribution in [-0.2, 0) is 9.53 Å². The Morgan fingerprint density at radius 3 is 2.44 bits per heavy atom. The van der Waals surface area contributed by atoms with Gasteiger partial charge in [0.15, 0.2) is 11.6 Å². The second kappa shape index (κ2) is 13.7. The Morgan fingerprint density at radius 2 is 1.72 bits per heavy atom. The Bertz CT molecular complexity index is 1080. The number of halogens is 2. The lowest BCUT2D eigenvalue weighted by Crippen LogP contribution is -2.30. The highest BCUT2D eigenvalue weighted by molar-refractivity contribution is 5.91. The Balaban J connectivity index is 1.49. The highest BCUT2D eigenvalue weighted by Gasteiger charge is 2.29. The van der Waals surface area contributed by atoms with Gasteiger partial charge in [0.1, 0.15) is 11.8 Å². The Morgan fingerprint density at radius 1 is 0.972 bits per heavy atom. The van der Waals surface area contributed by atoms with E-state index in [4.69, 9.17) is 19.5 Å². The zero-order chi connectivity index (χ0) is 25.9. The third-order valence-corrected chi connectivity index (χ3v) is 6.24. The van der Waals surface area contributed by atoms with Gasteiger partial charge < -0.3 is 14.2 Å². The average Bonchev–Trinajstić information content (AvgIpc) is 2.89.